The van der Waals surface area contributed by atoms with Gasteiger partial charge in [0.1, 0.15) is 0 Å². The lowest BCUT2D eigenvalue weighted by Crippen LogP contribution is -2.17. The summed E-state index contributed by atoms with van der Waals surface area (Å²) in [5.41, 5.74) is 9.42. The Kier molecular flexibility index (Phi) is 26.7. The van der Waals surface area contributed by atoms with Crippen LogP contribution in [0.4, 0.5) is 4.79 Å². The third kappa shape index (κ3) is 45.1. The molecule has 0 heterocycles. The Morgan fingerprint density at radius 2 is 1.57 bits per heavy atom. The van der Waals surface area contributed by atoms with Gasteiger partial charge in [0.25, 0.3) is 10.4 Å². The van der Waals surface area contributed by atoms with Crippen molar-refractivity contribution in [1.82, 2.24) is 0 Å². The smallest absolute Gasteiger partial charge is 0.381 e. The van der Waals surface area contributed by atoms with E-state index in [9.17, 15) is 0 Å². The largest absolute Gasteiger partial charge is 0.471 e. The average Bonchev–Trinajstić information content (AvgIpc) is 2.35. The SMILES string of the molecule is CCCCCOC(N)=S.CCO[Si](C)OCC.NC(=O)S. The summed E-state index contributed by atoms with van der Waals surface area (Å²) in [7, 11) is -0.891. The summed E-state index contributed by atoms with van der Waals surface area (Å²) >= 11 is 7.61. The first-order chi connectivity index (χ1) is 9.81. The number of rotatable bonds is 8. The molecule has 1 amide bonds. The van der Waals surface area contributed by atoms with Crippen molar-refractivity contribution in [3.63, 3.8) is 0 Å². The topological polar surface area (TPSA) is 96.8 Å². The van der Waals surface area contributed by atoms with Gasteiger partial charge < -0.3 is 25.1 Å². The fourth-order valence-corrected chi connectivity index (χ4v) is 1.95. The van der Waals surface area contributed by atoms with Crippen LogP contribution >= 0.6 is 24.8 Å². The molecule has 0 rings (SSSR count). The normalized spacial score (nSPS) is 9.05. The van der Waals surface area contributed by atoms with E-state index in [0.29, 0.717) is 6.61 Å². The lowest BCUT2D eigenvalue weighted by atomic mass is 10.3. The van der Waals surface area contributed by atoms with Crippen LogP contribution < -0.4 is 11.5 Å². The molecule has 9 heteroatoms. The first-order valence-corrected chi connectivity index (χ1v) is 9.48. The number of nitrogens with two attached hydrogens (primary N) is 2. The fourth-order valence-electron chi connectivity index (χ4n) is 0.973. The Morgan fingerprint density at radius 1 is 1.14 bits per heavy atom. The molecule has 0 spiro atoms. The molecule has 0 saturated carbocycles. The first-order valence-electron chi connectivity index (χ1n) is 6.81. The minimum Gasteiger partial charge on any atom is -0.471 e. The molecule has 0 aromatic heterocycles. The van der Waals surface area contributed by atoms with Crippen molar-refractivity contribution in [2.75, 3.05) is 19.8 Å². The minimum atomic E-state index is -0.891. The predicted octanol–water partition coefficient (Wildman–Crippen LogP) is 2.61. The molecule has 0 aliphatic rings. The van der Waals surface area contributed by atoms with Gasteiger partial charge in [0.15, 0.2) is 0 Å². The number of thiol groups is 1. The maximum absolute atomic E-state index is 9.09. The molecule has 127 valence electrons. The third-order valence-electron chi connectivity index (χ3n) is 1.69. The lowest BCUT2D eigenvalue weighted by molar-refractivity contribution is 0.219. The molecule has 0 fully saturated rings. The van der Waals surface area contributed by atoms with Gasteiger partial charge in [-0.3, -0.25) is 4.79 Å². The van der Waals surface area contributed by atoms with E-state index in [2.05, 4.69) is 37.5 Å². The number of carbonyl (C=O) groups is 1. The highest BCUT2D eigenvalue weighted by Crippen LogP contribution is 1.93. The van der Waals surface area contributed by atoms with Gasteiger partial charge in [0.05, 0.1) is 6.61 Å². The third-order valence-corrected chi connectivity index (χ3v) is 3.20. The van der Waals surface area contributed by atoms with Crippen LogP contribution in [0, 0.1) is 0 Å². The molecule has 6 nitrogen and oxygen atoms in total. The fraction of sp³-hybridized carbons (Fsp3) is 0.833. The van der Waals surface area contributed by atoms with E-state index in [1.54, 1.807) is 0 Å². The predicted molar refractivity (Wildman–Crippen MR) is 95.7 cm³/mol. The zero-order valence-electron chi connectivity index (χ0n) is 13.4. The van der Waals surface area contributed by atoms with Crippen molar-refractivity contribution < 1.29 is 18.4 Å². The summed E-state index contributed by atoms with van der Waals surface area (Å²) in [6, 6.07) is 0. The van der Waals surface area contributed by atoms with E-state index >= 15 is 0 Å². The zero-order chi connectivity index (χ0) is 17.1. The van der Waals surface area contributed by atoms with Crippen LogP contribution in [0.1, 0.15) is 40.0 Å². The van der Waals surface area contributed by atoms with E-state index < -0.39 is 14.5 Å². The van der Waals surface area contributed by atoms with Gasteiger partial charge in [0.2, 0.25) is 0 Å². The molecule has 21 heavy (non-hydrogen) atoms. The molecule has 0 aliphatic carbocycles. The molecule has 0 bridgehead atoms. The molecule has 0 saturated heterocycles. The summed E-state index contributed by atoms with van der Waals surface area (Å²) < 4.78 is 15.2. The number of ether oxygens (including phenoxy) is 1. The van der Waals surface area contributed by atoms with Crippen molar-refractivity contribution in [2.45, 2.75) is 46.6 Å². The second-order valence-electron chi connectivity index (χ2n) is 3.57. The van der Waals surface area contributed by atoms with Gasteiger partial charge in [-0.15, -0.1) is 0 Å². The standard InChI is InChI=1S/C6H13NOS.C5H13O2Si.CH3NOS/c1-2-3-4-5-8-6(7)9;1-4-6-8(3)7-5-2;2-1(3)4/h2-5H2,1H3,(H2,7,9);4-5H2,1-3H3;(H3,2,3,4). The van der Waals surface area contributed by atoms with Crippen molar-refractivity contribution in [2.24, 2.45) is 11.5 Å². The van der Waals surface area contributed by atoms with Gasteiger partial charge in [-0.1, -0.05) is 32.4 Å². The Hall–Kier alpha value is -0.353. The summed E-state index contributed by atoms with van der Waals surface area (Å²) in [6.45, 7) is 10.3. The molecule has 0 aromatic rings. The van der Waals surface area contributed by atoms with Crippen LogP contribution in [0.5, 0.6) is 0 Å². The number of hydrogen-bond acceptors (Lipinski definition) is 5. The maximum atomic E-state index is 9.09. The number of carbonyl (C=O) groups excluding carboxylic acids is 1. The molecular weight excluding hydrogens is 328 g/mol. The van der Waals surface area contributed by atoms with Crippen molar-refractivity contribution in [3.05, 3.63) is 0 Å². The van der Waals surface area contributed by atoms with Crippen LogP contribution in [-0.4, -0.2) is 39.5 Å². The number of unbranched alkanes of at least 4 members (excludes halogenated alkanes) is 2. The monoisotopic (exact) mass is 357 g/mol. The van der Waals surface area contributed by atoms with Crippen LogP contribution in [0.25, 0.3) is 0 Å². The van der Waals surface area contributed by atoms with Crippen LogP contribution in [0.15, 0.2) is 0 Å². The highest BCUT2D eigenvalue weighted by Gasteiger charge is 2.02. The second kappa shape index (κ2) is 21.9. The van der Waals surface area contributed by atoms with E-state index in [1.165, 1.54) is 12.8 Å². The summed E-state index contributed by atoms with van der Waals surface area (Å²) in [5.74, 6) is 0. The Labute approximate surface area is 141 Å². The van der Waals surface area contributed by atoms with Crippen LogP contribution in [0.3, 0.4) is 0 Å². The summed E-state index contributed by atoms with van der Waals surface area (Å²) in [4.78, 5) is 9.09. The van der Waals surface area contributed by atoms with Crippen molar-refractivity contribution >= 4 is 44.5 Å². The summed E-state index contributed by atoms with van der Waals surface area (Å²) in [6.07, 6.45) is 3.43. The highest BCUT2D eigenvalue weighted by atomic mass is 32.1. The number of primary amides is 1. The van der Waals surface area contributed by atoms with Crippen molar-refractivity contribution in [3.8, 4) is 0 Å². The molecule has 0 aliphatic heterocycles. The quantitative estimate of drug-likeness (QED) is 0.267. The number of amides is 1. The maximum Gasteiger partial charge on any atom is 0.381 e. The molecule has 4 N–H and O–H groups in total. The zero-order valence-corrected chi connectivity index (χ0v) is 16.1. The number of hydrogen-bond donors (Lipinski definition) is 3. The molecular formula is C12H29N2O4S2Si. The number of thiocarbonyl (C=S) groups is 1. The lowest BCUT2D eigenvalue weighted by Gasteiger charge is -2.05. The molecule has 0 aromatic carbocycles. The Morgan fingerprint density at radius 3 is 1.86 bits per heavy atom. The van der Waals surface area contributed by atoms with E-state index in [0.717, 1.165) is 19.6 Å². The van der Waals surface area contributed by atoms with Gasteiger partial charge in [-0.05, 0) is 39.0 Å². The van der Waals surface area contributed by atoms with Crippen molar-refractivity contribution in [1.29, 1.82) is 0 Å². The van der Waals surface area contributed by atoms with Crippen LogP contribution in [-0.2, 0) is 13.6 Å². The minimum absolute atomic E-state index is 0.158. The van der Waals surface area contributed by atoms with Gasteiger partial charge in [0, 0.05) is 13.2 Å². The van der Waals surface area contributed by atoms with Gasteiger partial charge >= 0.3 is 9.28 Å². The second-order valence-corrected chi connectivity index (χ2v) is 5.97. The van der Waals surface area contributed by atoms with E-state index in [4.69, 9.17) is 24.1 Å². The van der Waals surface area contributed by atoms with Gasteiger partial charge in [-0.25, -0.2) is 0 Å². The van der Waals surface area contributed by atoms with E-state index in [-0.39, 0.29) is 5.17 Å². The summed E-state index contributed by atoms with van der Waals surface area (Å²) in [5, 5.41) is -0.480. The average molecular weight is 358 g/mol. The van der Waals surface area contributed by atoms with Gasteiger partial charge in [-0.2, -0.15) is 0 Å². The first kappa shape index (κ1) is 25.6. The van der Waals surface area contributed by atoms with Crippen LogP contribution in [0.2, 0.25) is 6.55 Å². The molecule has 1 radical (unpaired) electrons. The highest BCUT2D eigenvalue weighted by molar-refractivity contribution is 7.96. The van der Waals surface area contributed by atoms with E-state index in [1.807, 2.05) is 20.4 Å². The molecule has 0 unspecified atom stereocenters. The Balaban J connectivity index is -0.000000249. The Bertz CT molecular complexity index is 239. The molecule has 0 atom stereocenters.